The number of hydrogen-bond donors (Lipinski definition) is 0. The minimum absolute atomic E-state index is 0.00380. The molecule has 1 aliphatic rings. The van der Waals surface area contributed by atoms with Gasteiger partial charge in [-0.25, -0.2) is 0 Å². The highest BCUT2D eigenvalue weighted by atomic mass is 79.9. The second-order valence-electron chi connectivity index (χ2n) is 7.05. The van der Waals surface area contributed by atoms with Crippen LogP contribution in [0, 0.1) is 6.92 Å². The smallest absolute Gasteiger partial charge is 0.339 e. The summed E-state index contributed by atoms with van der Waals surface area (Å²) in [6.07, 6.45) is -1.15. The molecule has 0 aliphatic heterocycles. The Morgan fingerprint density at radius 3 is 2.52 bits per heavy atom. The van der Waals surface area contributed by atoms with Gasteiger partial charge in [-0.15, -0.1) is 0 Å². The number of aryl methyl sites for hydroxylation is 2. The van der Waals surface area contributed by atoms with E-state index < -0.39 is 17.9 Å². The lowest BCUT2D eigenvalue weighted by Gasteiger charge is -2.23. The number of likely N-dealkylation sites (N-methyl/N-ethyl adjacent to an activating group) is 1. The van der Waals surface area contributed by atoms with Crippen LogP contribution in [-0.4, -0.2) is 37.4 Å². The molecule has 6 nitrogen and oxygen atoms in total. The first-order chi connectivity index (χ1) is 12.5. The molecule has 0 bridgehead atoms. The number of hydrogen-bond acceptors (Lipinski definition) is 3. The van der Waals surface area contributed by atoms with Crippen molar-refractivity contribution in [3.05, 3.63) is 33.3 Å². The van der Waals surface area contributed by atoms with Crippen LogP contribution in [0.1, 0.15) is 54.4 Å². The highest BCUT2D eigenvalue weighted by molar-refractivity contribution is 9.10. The molecule has 1 fully saturated rings. The Hall–Kier alpha value is -1.84. The fourth-order valence-corrected chi connectivity index (χ4v) is 4.00. The van der Waals surface area contributed by atoms with E-state index >= 15 is 0 Å². The number of carbonyl (C=O) groups excluding carboxylic acids is 1. The van der Waals surface area contributed by atoms with Gasteiger partial charge in [0.15, 0.2) is 5.69 Å². The van der Waals surface area contributed by atoms with Crippen LogP contribution >= 0.6 is 15.9 Å². The summed E-state index contributed by atoms with van der Waals surface area (Å²) in [5.41, 5.74) is 1.18. The first-order valence-corrected chi connectivity index (χ1v) is 9.39. The van der Waals surface area contributed by atoms with E-state index in [0.717, 1.165) is 24.1 Å². The van der Waals surface area contributed by atoms with Gasteiger partial charge in [-0.05, 0) is 42.6 Å². The Bertz CT molecular complexity index is 869. The van der Waals surface area contributed by atoms with Crippen LogP contribution in [-0.2, 0) is 24.6 Å². The van der Waals surface area contributed by atoms with E-state index in [1.807, 2.05) is 13.1 Å². The molecule has 1 amide bonds. The van der Waals surface area contributed by atoms with Gasteiger partial charge in [-0.1, -0.05) is 0 Å². The second kappa shape index (κ2) is 6.96. The first kappa shape index (κ1) is 19.9. The number of nitrogens with zero attached hydrogens (tertiary/aromatic N) is 5. The van der Waals surface area contributed by atoms with E-state index in [1.54, 1.807) is 25.7 Å². The molecule has 1 aliphatic carbocycles. The molecule has 0 spiro atoms. The summed E-state index contributed by atoms with van der Waals surface area (Å²) in [7, 11) is 3.42. The van der Waals surface area contributed by atoms with E-state index in [0.29, 0.717) is 12.2 Å². The van der Waals surface area contributed by atoms with Gasteiger partial charge in [0.05, 0.1) is 15.9 Å². The van der Waals surface area contributed by atoms with Crippen LogP contribution in [0.4, 0.5) is 13.2 Å². The van der Waals surface area contributed by atoms with Crippen molar-refractivity contribution in [1.29, 1.82) is 0 Å². The van der Waals surface area contributed by atoms with E-state index in [4.69, 9.17) is 0 Å². The van der Waals surface area contributed by atoms with Crippen molar-refractivity contribution in [1.82, 2.24) is 24.5 Å². The Balaban J connectivity index is 1.87. The quantitative estimate of drug-likeness (QED) is 0.700. The molecule has 0 radical (unpaired) electrons. The molecule has 148 valence electrons. The summed E-state index contributed by atoms with van der Waals surface area (Å²) < 4.78 is 42.7. The molecule has 2 heterocycles. The van der Waals surface area contributed by atoms with Gasteiger partial charge >= 0.3 is 6.18 Å². The second-order valence-corrected chi connectivity index (χ2v) is 7.84. The predicted molar refractivity (Wildman–Crippen MR) is 96.0 cm³/mol. The van der Waals surface area contributed by atoms with E-state index in [9.17, 15) is 18.0 Å². The van der Waals surface area contributed by atoms with E-state index in [-0.39, 0.29) is 16.3 Å². The zero-order valence-corrected chi connectivity index (χ0v) is 17.1. The Morgan fingerprint density at radius 1 is 1.41 bits per heavy atom. The number of halogens is 4. The van der Waals surface area contributed by atoms with Crippen molar-refractivity contribution in [3.8, 4) is 0 Å². The maximum atomic E-state index is 13.3. The van der Waals surface area contributed by atoms with Crippen molar-refractivity contribution in [3.63, 3.8) is 0 Å². The van der Waals surface area contributed by atoms with Crippen LogP contribution in [0.15, 0.2) is 10.7 Å². The van der Waals surface area contributed by atoms with Crippen molar-refractivity contribution in [2.45, 2.75) is 51.4 Å². The minimum atomic E-state index is -4.57. The molecule has 10 heteroatoms. The lowest BCUT2D eigenvalue weighted by molar-refractivity contribution is -0.143. The van der Waals surface area contributed by atoms with Gasteiger partial charge in [-0.2, -0.15) is 23.4 Å². The Morgan fingerprint density at radius 2 is 2.04 bits per heavy atom. The average Bonchev–Trinajstić information content (AvgIpc) is 3.26. The minimum Gasteiger partial charge on any atom is -0.339 e. The number of aromatic nitrogens is 4. The molecule has 1 saturated carbocycles. The van der Waals surface area contributed by atoms with Crippen LogP contribution < -0.4 is 0 Å². The fraction of sp³-hybridized carbons (Fsp3) is 0.588. The van der Waals surface area contributed by atoms with E-state index in [1.165, 1.54) is 9.58 Å². The third-order valence-electron chi connectivity index (χ3n) is 4.74. The molecule has 0 aromatic carbocycles. The number of rotatable bonds is 5. The van der Waals surface area contributed by atoms with Crippen LogP contribution in [0.3, 0.4) is 0 Å². The van der Waals surface area contributed by atoms with Crippen molar-refractivity contribution < 1.29 is 18.0 Å². The van der Waals surface area contributed by atoms with Crippen molar-refractivity contribution >= 4 is 21.8 Å². The van der Waals surface area contributed by atoms with Gasteiger partial charge in [0, 0.05) is 38.3 Å². The standard InChI is InChI=1S/C17H21BrF3N5O/c1-9-12(8-25(4)22-9)7-24(3)16(27)10(2)26-14(11-5-6-11)13(18)15(23-26)17(19,20)21/h8,10-11H,5-7H2,1-4H3/t10-/m1/s1. The van der Waals surface area contributed by atoms with Gasteiger partial charge in [0.25, 0.3) is 0 Å². The van der Waals surface area contributed by atoms with Crippen LogP contribution in [0.5, 0.6) is 0 Å². The molecule has 0 unspecified atom stereocenters. The predicted octanol–water partition coefficient (Wildman–Crippen LogP) is 3.80. The normalized spacial score (nSPS) is 15.9. The van der Waals surface area contributed by atoms with Gasteiger partial charge < -0.3 is 4.90 Å². The van der Waals surface area contributed by atoms with Crippen molar-refractivity contribution in [2.24, 2.45) is 7.05 Å². The lowest BCUT2D eigenvalue weighted by Crippen LogP contribution is -2.34. The summed E-state index contributed by atoms with van der Waals surface area (Å²) >= 11 is 3.06. The van der Waals surface area contributed by atoms with Crippen LogP contribution in [0.2, 0.25) is 0 Å². The molecular weight excluding hydrogens is 427 g/mol. The number of alkyl halides is 3. The van der Waals surface area contributed by atoms with Gasteiger partial charge in [0.1, 0.15) is 6.04 Å². The highest BCUT2D eigenvalue weighted by Gasteiger charge is 2.43. The highest BCUT2D eigenvalue weighted by Crippen LogP contribution is 2.47. The Kier molecular flexibility index (Phi) is 5.13. The van der Waals surface area contributed by atoms with E-state index in [2.05, 4.69) is 26.1 Å². The Labute approximate surface area is 163 Å². The maximum absolute atomic E-state index is 13.3. The molecular formula is C17H21BrF3N5O. The summed E-state index contributed by atoms with van der Waals surface area (Å²) in [6.45, 7) is 3.76. The van der Waals surface area contributed by atoms with Gasteiger partial charge in [0.2, 0.25) is 5.91 Å². The molecule has 2 aromatic rings. The molecule has 0 saturated heterocycles. The van der Waals surface area contributed by atoms with Gasteiger partial charge in [-0.3, -0.25) is 14.2 Å². The average molecular weight is 448 g/mol. The number of carbonyl (C=O) groups is 1. The third kappa shape index (κ3) is 3.90. The molecule has 0 N–H and O–H groups in total. The summed E-state index contributed by atoms with van der Waals surface area (Å²) in [6, 6.07) is -0.838. The molecule has 1 atom stereocenters. The monoisotopic (exact) mass is 447 g/mol. The molecule has 2 aromatic heterocycles. The summed E-state index contributed by atoms with van der Waals surface area (Å²) in [5, 5.41) is 8.00. The lowest BCUT2D eigenvalue weighted by atomic mass is 10.2. The number of amides is 1. The SMILES string of the molecule is Cc1nn(C)cc1CN(C)C(=O)[C@@H](C)n1nc(C(F)(F)F)c(Br)c1C1CC1. The largest absolute Gasteiger partial charge is 0.436 e. The maximum Gasteiger partial charge on any atom is 0.436 e. The fourth-order valence-electron chi connectivity index (χ4n) is 3.19. The van der Waals surface area contributed by atoms with Crippen LogP contribution in [0.25, 0.3) is 0 Å². The molecule has 3 rings (SSSR count). The summed E-state index contributed by atoms with van der Waals surface area (Å²) in [4.78, 5) is 14.4. The first-order valence-electron chi connectivity index (χ1n) is 8.59. The zero-order valence-electron chi connectivity index (χ0n) is 15.5. The summed E-state index contributed by atoms with van der Waals surface area (Å²) in [5.74, 6) is -0.298. The molecule has 27 heavy (non-hydrogen) atoms. The topological polar surface area (TPSA) is 56.0 Å². The van der Waals surface area contributed by atoms with Crippen molar-refractivity contribution in [2.75, 3.05) is 7.05 Å². The third-order valence-corrected chi connectivity index (χ3v) is 5.52. The zero-order chi connectivity index (χ0) is 20.1.